The zero-order chi connectivity index (χ0) is 18.4. The third kappa shape index (κ3) is 4.34. The van der Waals surface area contributed by atoms with Crippen LogP contribution in [0.5, 0.6) is 0 Å². The van der Waals surface area contributed by atoms with Crippen LogP contribution in [0.2, 0.25) is 0 Å². The number of hydrogen-bond donors (Lipinski definition) is 2. The maximum Gasteiger partial charge on any atom is 0.287 e. The van der Waals surface area contributed by atoms with E-state index in [-0.39, 0.29) is 11.8 Å². The highest BCUT2D eigenvalue weighted by atomic mass is 16.2. The van der Waals surface area contributed by atoms with Gasteiger partial charge >= 0.3 is 0 Å². The Kier molecular flexibility index (Phi) is 6.47. The molecule has 0 bridgehead atoms. The second-order valence-electron chi connectivity index (χ2n) is 7.21. The van der Waals surface area contributed by atoms with Gasteiger partial charge in [0.1, 0.15) is 5.69 Å². The van der Waals surface area contributed by atoms with E-state index in [1.165, 1.54) is 18.4 Å². The van der Waals surface area contributed by atoms with E-state index < -0.39 is 0 Å². The summed E-state index contributed by atoms with van der Waals surface area (Å²) in [5.41, 5.74) is 2.78. The zero-order valence-corrected chi connectivity index (χ0v) is 15.8. The molecule has 1 aliphatic heterocycles. The van der Waals surface area contributed by atoms with Gasteiger partial charge in [0.25, 0.3) is 11.8 Å². The minimum atomic E-state index is -0.167. The molecule has 1 aromatic heterocycles. The lowest BCUT2D eigenvalue weighted by Crippen LogP contribution is -2.29. The molecule has 2 N–H and O–H groups in total. The lowest BCUT2D eigenvalue weighted by Gasteiger charge is -2.17. The number of rotatable bonds is 7. The predicted octanol–water partition coefficient (Wildman–Crippen LogP) is 2.98. The first-order valence-electron chi connectivity index (χ1n) is 10.0. The Morgan fingerprint density at radius 1 is 1.08 bits per heavy atom. The lowest BCUT2D eigenvalue weighted by molar-refractivity contribution is 0.0938. The van der Waals surface area contributed by atoms with Crippen LogP contribution >= 0.6 is 0 Å². The summed E-state index contributed by atoms with van der Waals surface area (Å²) in [5, 5.41) is 5.88. The maximum absolute atomic E-state index is 12.7. The number of carbonyl (C=O) groups excluding carboxylic acids is 2. The minimum absolute atomic E-state index is 0.163. The van der Waals surface area contributed by atoms with Gasteiger partial charge < -0.3 is 15.2 Å². The lowest BCUT2D eigenvalue weighted by atomic mass is 9.97. The summed E-state index contributed by atoms with van der Waals surface area (Å²) in [6, 6.07) is 0. The van der Waals surface area contributed by atoms with Gasteiger partial charge in [-0.15, -0.1) is 0 Å². The number of nitrogens with zero attached hydrogens (tertiary/aromatic N) is 2. The molecule has 1 aliphatic carbocycles. The second kappa shape index (κ2) is 9.01. The molecule has 2 heterocycles. The molecule has 0 fully saturated rings. The van der Waals surface area contributed by atoms with Crippen LogP contribution in [-0.4, -0.2) is 34.5 Å². The summed E-state index contributed by atoms with van der Waals surface area (Å²) >= 11 is 0. The van der Waals surface area contributed by atoms with Crippen molar-refractivity contribution in [3.63, 3.8) is 0 Å². The molecule has 142 valence electrons. The van der Waals surface area contributed by atoms with E-state index in [1.54, 1.807) is 0 Å². The molecule has 6 heteroatoms. The van der Waals surface area contributed by atoms with E-state index in [1.807, 2.05) is 11.5 Å². The Morgan fingerprint density at radius 2 is 1.88 bits per heavy atom. The van der Waals surface area contributed by atoms with Crippen molar-refractivity contribution in [3.05, 3.63) is 28.9 Å². The van der Waals surface area contributed by atoms with Crippen molar-refractivity contribution in [2.45, 2.75) is 71.3 Å². The highest BCUT2D eigenvalue weighted by molar-refractivity contribution is 5.97. The Balaban J connectivity index is 1.68. The maximum atomic E-state index is 12.7. The Bertz CT molecular complexity index is 690. The Labute approximate surface area is 155 Å². The molecule has 6 nitrogen and oxygen atoms in total. The molecule has 0 atom stereocenters. The average Bonchev–Trinajstić information content (AvgIpc) is 3.07. The van der Waals surface area contributed by atoms with Gasteiger partial charge in [0.15, 0.2) is 5.82 Å². The Morgan fingerprint density at radius 3 is 2.65 bits per heavy atom. The van der Waals surface area contributed by atoms with Crippen LogP contribution in [0.25, 0.3) is 0 Å². The van der Waals surface area contributed by atoms with Crippen LogP contribution in [0.3, 0.4) is 0 Å². The van der Waals surface area contributed by atoms with E-state index in [0.29, 0.717) is 24.6 Å². The summed E-state index contributed by atoms with van der Waals surface area (Å²) in [6.07, 6.45) is 11.8. The fraction of sp³-hybridized carbons (Fsp3) is 0.650. The molecule has 2 aliphatic rings. The van der Waals surface area contributed by atoms with Crippen molar-refractivity contribution in [3.8, 4) is 0 Å². The summed E-state index contributed by atoms with van der Waals surface area (Å²) in [6.45, 7) is 4.03. The fourth-order valence-corrected chi connectivity index (χ4v) is 3.77. The average molecular weight is 358 g/mol. The number of carbonyl (C=O) groups is 2. The van der Waals surface area contributed by atoms with Crippen LogP contribution in [0.1, 0.15) is 85.1 Å². The van der Waals surface area contributed by atoms with Gasteiger partial charge in [0.05, 0.1) is 5.69 Å². The van der Waals surface area contributed by atoms with Gasteiger partial charge in [-0.05, 0) is 57.8 Å². The van der Waals surface area contributed by atoms with E-state index in [4.69, 9.17) is 0 Å². The van der Waals surface area contributed by atoms with Crippen LogP contribution in [0, 0.1) is 0 Å². The van der Waals surface area contributed by atoms with Crippen molar-refractivity contribution in [2.24, 2.45) is 0 Å². The van der Waals surface area contributed by atoms with E-state index in [0.717, 1.165) is 57.2 Å². The molecule has 0 aromatic carbocycles. The molecule has 0 spiro atoms. The molecule has 0 radical (unpaired) electrons. The summed E-state index contributed by atoms with van der Waals surface area (Å²) in [4.78, 5) is 29.5. The van der Waals surface area contributed by atoms with Crippen molar-refractivity contribution >= 4 is 11.8 Å². The first-order chi connectivity index (χ1) is 12.7. The molecular weight excluding hydrogens is 328 g/mol. The fourth-order valence-electron chi connectivity index (χ4n) is 3.77. The van der Waals surface area contributed by atoms with Gasteiger partial charge in [-0.25, -0.2) is 4.98 Å². The highest BCUT2D eigenvalue weighted by Crippen LogP contribution is 2.22. The predicted molar refractivity (Wildman–Crippen MR) is 101 cm³/mol. The third-order valence-corrected chi connectivity index (χ3v) is 5.19. The van der Waals surface area contributed by atoms with Gasteiger partial charge in [0.2, 0.25) is 0 Å². The van der Waals surface area contributed by atoms with Gasteiger partial charge in [-0.1, -0.05) is 18.6 Å². The number of nitrogens with one attached hydrogen (secondary N) is 2. The molecule has 0 unspecified atom stereocenters. The number of amides is 2. The molecule has 0 saturated heterocycles. The number of imidazole rings is 1. The topological polar surface area (TPSA) is 76.0 Å². The smallest absolute Gasteiger partial charge is 0.287 e. The first-order valence-corrected chi connectivity index (χ1v) is 10.0. The van der Waals surface area contributed by atoms with Crippen molar-refractivity contribution in [2.75, 3.05) is 13.1 Å². The van der Waals surface area contributed by atoms with Crippen LogP contribution in [0.4, 0.5) is 0 Å². The number of aromatic nitrogens is 2. The summed E-state index contributed by atoms with van der Waals surface area (Å²) in [7, 11) is 0. The number of allylic oxidation sites excluding steroid dienone is 1. The third-order valence-electron chi connectivity index (χ3n) is 5.19. The largest absolute Gasteiger partial charge is 0.351 e. The van der Waals surface area contributed by atoms with E-state index >= 15 is 0 Å². The monoisotopic (exact) mass is 358 g/mol. The van der Waals surface area contributed by atoms with Crippen molar-refractivity contribution in [1.29, 1.82) is 0 Å². The SMILES string of the molecule is CCCNC(=O)c1nc(C(=O)NCCC2=CCCCC2)n2c1CCCC2. The second-order valence-corrected chi connectivity index (χ2v) is 7.21. The van der Waals surface area contributed by atoms with Crippen molar-refractivity contribution in [1.82, 2.24) is 20.2 Å². The summed E-state index contributed by atoms with van der Waals surface area (Å²) < 4.78 is 1.94. The van der Waals surface area contributed by atoms with Gasteiger partial charge in [-0.3, -0.25) is 9.59 Å². The first kappa shape index (κ1) is 18.7. The normalized spacial score (nSPS) is 16.6. The molecular formula is C20H30N4O2. The van der Waals surface area contributed by atoms with E-state index in [9.17, 15) is 9.59 Å². The molecule has 26 heavy (non-hydrogen) atoms. The number of fused-ring (bicyclic) bond motifs is 1. The Hall–Kier alpha value is -2.11. The van der Waals surface area contributed by atoms with Gasteiger partial charge in [0, 0.05) is 19.6 Å². The highest BCUT2D eigenvalue weighted by Gasteiger charge is 2.27. The zero-order valence-electron chi connectivity index (χ0n) is 15.8. The van der Waals surface area contributed by atoms with Crippen LogP contribution in [-0.2, 0) is 13.0 Å². The molecule has 1 aromatic rings. The van der Waals surface area contributed by atoms with Crippen LogP contribution < -0.4 is 10.6 Å². The quantitative estimate of drug-likeness (QED) is 0.736. The van der Waals surface area contributed by atoms with Crippen LogP contribution in [0.15, 0.2) is 11.6 Å². The molecule has 2 amide bonds. The summed E-state index contributed by atoms with van der Waals surface area (Å²) in [5.74, 6) is 0.0574. The van der Waals surface area contributed by atoms with Crippen molar-refractivity contribution < 1.29 is 9.59 Å². The standard InChI is InChI=1S/C20H30N4O2/c1-2-12-21-19(25)17-16-10-6-7-14-24(16)18(23-17)20(26)22-13-11-15-8-4-3-5-9-15/h8H,2-7,9-14H2,1H3,(H,21,25)(H,22,26). The molecule has 0 saturated carbocycles. The van der Waals surface area contributed by atoms with Gasteiger partial charge in [-0.2, -0.15) is 0 Å². The number of hydrogen-bond acceptors (Lipinski definition) is 3. The van der Waals surface area contributed by atoms with E-state index in [2.05, 4.69) is 21.7 Å². The molecule has 3 rings (SSSR count). The minimum Gasteiger partial charge on any atom is -0.351 e.